The number of anilines is 1. The summed E-state index contributed by atoms with van der Waals surface area (Å²) in [5.74, 6) is 1.85. The van der Waals surface area contributed by atoms with Crippen LogP contribution in [0.3, 0.4) is 0 Å². The lowest BCUT2D eigenvalue weighted by Gasteiger charge is -2.12. The van der Waals surface area contributed by atoms with E-state index in [1.54, 1.807) is 0 Å². The Hall–Kier alpha value is -2.95. The number of fused-ring (bicyclic) bond motifs is 1. The highest BCUT2D eigenvalue weighted by Gasteiger charge is 2.17. The van der Waals surface area contributed by atoms with Crippen LogP contribution in [0.1, 0.15) is 46.6 Å². The first-order chi connectivity index (χ1) is 13.1. The minimum atomic E-state index is -0.102. The number of nitrogens with zero attached hydrogens (tertiary/aromatic N) is 3. The second-order valence-electron chi connectivity index (χ2n) is 7.25. The van der Waals surface area contributed by atoms with Gasteiger partial charge in [0.15, 0.2) is 5.82 Å². The van der Waals surface area contributed by atoms with Crippen molar-refractivity contribution in [1.82, 2.24) is 14.8 Å². The molecule has 4 rings (SSSR count). The number of carbonyl (C=O) groups excluding carboxylic acids is 1. The quantitative estimate of drug-likeness (QED) is 0.746. The highest BCUT2D eigenvalue weighted by molar-refractivity contribution is 6.04. The number of hydrogen-bond acceptors (Lipinski definition) is 3. The van der Waals surface area contributed by atoms with E-state index in [-0.39, 0.29) is 5.91 Å². The predicted octanol–water partition coefficient (Wildman–Crippen LogP) is 4.54. The van der Waals surface area contributed by atoms with Crippen molar-refractivity contribution in [3.8, 4) is 11.4 Å². The Morgan fingerprint density at radius 2 is 1.81 bits per heavy atom. The molecule has 3 aromatic rings. The molecule has 0 radical (unpaired) electrons. The average Bonchev–Trinajstić information content (AvgIpc) is 2.92. The van der Waals surface area contributed by atoms with Crippen LogP contribution < -0.4 is 5.32 Å². The number of aromatic nitrogens is 3. The van der Waals surface area contributed by atoms with Crippen molar-refractivity contribution >= 4 is 11.6 Å². The molecule has 0 aliphatic carbocycles. The largest absolute Gasteiger partial charge is 0.322 e. The number of hydrogen-bond donors (Lipinski definition) is 1. The topological polar surface area (TPSA) is 59.8 Å². The Balaban J connectivity index is 1.63. The number of carbonyl (C=O) groups is 1. The van der Waals surface area contributed by atoms with Gasteiger partial charge in [-0.2, -0.15) is 0 Å². The zero-order valence-electron chi connectivity index (χ0n) is 15.8. The SMILES string of the molecule is Cc1ccc(C(=O)Nc2cc(-c3nnc4n3CCCCC4)ccc2C)cc1. The van der Waals surface area contributed by atoms with E-state index in [1.807, 2.05) is 50.2 Å². The monoisotopic (exact) mass is 360 g/mol. The zero-order chi connectivity index (χ0) is 18.8. The Bertz CT molecular complexity index is 972. The Kier molecular flexibility index (Phi) is 4.75. The van der Waals surface area contributed by atoms with Crippen LogP contribution in [0.2, 0.25) is 0 Å². The van der Waals surface area contributed by atoms with Gasteiger partial charge in [0.25, 0.3) is 5.91 Å². The molecule has 27 heavy (non-hydrogen) atoms. The normalized spacial score (nSPS) is 13.7. The van der Waals surface area contributed by atoms with Gasteiger partial charge in [-0.25, -0.2) is 0 Å². The summed E-state index contributed by atoms with van der Waals surface area (Å²) >= 11 is 0. The molecule has 2 heterocycles. The van der Waals surface area contributed by atoms with Crippen LogP contribution >= 0.6 is 0 Å². The molecule has 1 amide bonds. The Morgan fingerprint density at radius 3 is 2.63 bits per heavy atom. The molecule has 1 aliphatic heterocycles. The highest BCUT2D eigenvalue weighted by atomic mass is 16.1. The van der Waals surface area contributed by atoms with Crippen LogP contribution in [0.4, 0.5) is 5.69 Å². The third kappa shape index (κ3) is 3.63. The summed E-state index contributed by atoms with van der Waals surface area (Å²) in [6.45, 7) is 4.96. The van der Waals surface area contributed by atoms with Crippen molar-refractivity contribution in [2.24, 2.45) is 0 Å². The molecule has 1 aliphatic rings. The summed E-state index contributed by atoms with van der Waals surface area (Å²) in [6.07, 6.45) is 4.54. The molecule has 5 heteroatoms. The highest BCUT2D eigenvalue weighted by Crippen LogP contribution is 2.27. The molecule has 0 saturated heterocycles. The van der Waals surface area contributed by atoms with E-state index in [0.717, 1.165) is 53.4 Å². The maximum absolute atomic E-state index is 12.6. The van der Waals surface area contributed by atoms with E-state index in [2.05, 4.69) is 26.1 Å². The van der Waals surface area contributed by atoms with Gasteiger partial charge in [-0.05, 0) is 50.5 Å². The average molecular weight is 360 g/mol. The van der Waals surface area contributed by atoms with Gasteiger partial charge in [-0.1, -0.05) is 36.2 Å². The molecular weight excluding hydrogens is 336 g/mol. The number of nitrogens with one attached hydrogen (secondary N) is 1. The summed E-state index contributed by atoms with van der Waals surface area (Å²) in [7, 11) is 0. The lowest BCUT2D eigenvalue weighted by molar-refractivity contribution is 0.102. The summed E-state index contributed by atoms with van der Waals surface area (Å²) < 4.78 is 2.23. The summed E-state index contributed by atoms with van der Waals surface area (Å²) in [6, 6.07) is 13.7. The molecule has 138 valence electrons. The molecule has 0 unspecified atom stereocenters. The Labute approximate surface area is 159 Å². The van der Waals surface area contributed by atoms with Crippen LogP contribution in [-0.2, 0) is 13.0 Å². The maximum Gasteiger partial charge on any atom is 0.255 e. The second kappa shape index (κ2) is 7.35. The molecule has 0 bridgehead atoms. The lowest BCUT2D eigenvalue weighted by Crippen LogP contribution is -2.13. The van der Waals surface area contributed by atoms with Crippen LogP contribution in [-0.4, -0.2) is 20.7 Å². The fourth-order valence-electron chi connectivity index (χ4n) is 3.49. The fourth-order valence-corrected chi connectivity index (χ4v) is 3.49. The predicted molar refractivity (Wildman–Crippen MR) is 107 cm³/mol. The standard InChI is InChI=1S/C22H24N4O/c1-15-7-10-17(11-8-15)22(27)23-19-14-18(12-9-16(19)2)21-25-24-20-6-4-3-5-13-26(20)21/h7-12,14H,3-6,13H2,1-2H3,(H,23,27). The second-order valence-corrected chi connectivity index (χ2v) is 7.25. The van der Waals surface area contributed by atoms with Gasteiger partial charge >= 0.3 is 0 Å². The van der Waals surface area contributed by atoms with Crippen molar-refractivity contribution in [3.05, 3.63) is 65.0 Å². The third-order valence-electron chi connectivity index (χ3n) is 5.17. The van der Waals surface area contributed by atoms with E-state index in [4.69, 9.17) is 0 Å². The van der Waals surface area contributed by atoms with Gasteiger partial charge in [0, 0.05) is 29.8 Å². The molecular formula is C22H24N4O. The molecule has 1 N–H and O–H groups in total. The number of aryl methyl sites for hydroxylation is 3. The van der Waals surface area contributed by atoms with Gasteiger partial charge in [0.2, 0.25) is 0 Å². The number of rotatable bonds is 3. The Morgan fingerprint density at radius 1 is 1.00 bits per heavy atom. The van der Waals surface area contributed by atoms with Crippen LogP contribution in [0, 0.1) is 13.8 Å². The van der Waals surface area contributed by atoms with Gasteiger partial charge in [0.05, 0.1) is 0 Å². The van der Waals surface area contributed by atoms with Gasteiger partial charge in [0.1, 0.15) is 5.82 Å². The molecule has 5 nitrogen and oxygen atoms in total. The molecule has 0 saturated carbocycles. The van der Waals surface area contributed by atoms with Gasteiger partial charge in [-0.15, -0.1) is 10.2 Å². The smallest absolute Gasteiger partial charge is 0.255 e. The van der Waals surface area contributed by atoms with Crippen LogP contribution in [0.15, 0.2) is 42.5 Å². The fraction of sp³-hybridized carbons (Fsp3) is 0.318. The third-order valence-corrected chi connectivity index (χ3v) is 5.17. The van der Waals surface area contributed by atoms with Crippen molar-refractivity contribution in [1.29, 1.82) is 0 Å². The van der Waals surface area contributed by atoms with Crippen LogP contribution in [0.25, 0.3) is 11.4 Å². The molecule has 0 atom stereocenters. The van der Waals surface area contributed by atoms with Crippen molar-refractivity contribution in [2.45, 2.75) is 46.1 Å². The first kappa shape index (κ1) is 17.5. The minimum absolute atomic E-state index is 0.102. The zero-order valence-corrected chi connectivity index (χ0v) is 15.8. The molecule has 0 spiro atoms. The number of amides is 1. The molecule has 0 fully saturated rings. The lowest BCUT2D eigenvalue weighted by atomic mass is 10.1. The minimum Gasteiger partial charge on any atom is -0.322 e. The maximum atomic E-state index is 12.6. The summed E-state index contributed by atoms with van der Waals surface area (Å²) in [5, 5.41) is 11.9. The van der Waals surface area contributed by atoms with E-state index >= 15 is 0 Å². The van der Waals surface area contributed by atoms with Crippen molar-refractivity contribution in [2.75, 3.05) is 5.32 Å². The van der Waals surface area contributed by atoms with Gasteiger partial charge < -0.3 is 9.88 Å². The first-order valence-corrected chi connectivity index (χ1v) is 9.53. The van der Waals surface area contributed by atoms with E-state index in [9.17, 15) is 4.79 Å². The van der Waals surface area contributed by atoms with Gasteiger partial charge in [-0.3, -0.25) is 4.79 Å². The van der Waals surface area contributed by atoms with Crippen molar-refractivity contribution in [3.63, 3.8) is 0 Å². The van der Waals surface area contributed by atoms with Crippen LogP contribution in [0.5, 0.6) is 0 Å². The summed E-state index contributed by atoms with van der Waals surface area (Å²) in [4.78, 5) is 12.6. The van der Waals surface area contributed by atoms with Crippen molar-refractivity contribution < 1.29 is 4.79 Å². The molecule has 2 aromatic carbocycles. The van der Waals surface area contributed by atoms with E-state index in [1.165, 1.54) is 12.8 Å². The number of benzene rings is 2. The van der Waals surface area contributed by atoms with E-state index < -0.39 is 0 Å². The summed E-state index contributed by atoms with van der Waals surface area (Å²) in [5.41, 5.74) is 4.61. The van der Waals surface area contributed by atoms with E-state index in [0.29, 0.717) is 5.56 Å². The first-order valence-electron chi connectivity index (χ1n) is 9.53. The molecule has 1 aromatic heterocycles.